The molecule has 0 aliphatic carbocycles. The van der Waals surface area contributed by atoms with Gasteiger partial charge in [0.1, 0.15) is 11.6 Å². The summed E-state index contributed by atoms with van der Waals surface area (Å²) in [5.41, 5.74) is 2.40. The normalized spacial score (nSPS) is 20.5. The van der Waals surface area contributed by atoms with Crippen molar-refractivity contribution in [3.63, 3.8) is 0 Å². The summed E-state index contributed by atoms with van der Waals surface area (Å²) in [6.45, 7) is 3.85. The molecular weight excluding hydrogens is 420 g/mol. The van der Waals surface area contributed by atoms with Crippen LogP contribution in [0.5, 0.6) is 0 Å². The number of rotatable bonds is 4. The van der Waals surface area contributed by atoms with E-state index in [1.165, 1.54) is 31.4 Å². The Labute approximate surface area is 165 Å². The predicted octanol–water partition coefficient (Wildman–Crippen LogP) is 4.95. The number of hydrogen-bond acceptors (Lipinski definition) is 2. The summed E-state index contributed by atoms with van der Waals surface area (Å²) >= 11 is 8.63. The van der Waals surface area contributed by atoms with E-state index in [4.69, 9.17) is 12.2 Å². The maximum Gasteiger partial charge on any atom is 0.177 e. The Kier molecular flexibility index (Phi) is 5.30. The molecule has 1 saturated heterocycles. The molecular formula is C19H22BrF2N3S. The van der Waals surface area contributed by atoms with Crippen LogP contribution in [0.25, 0.3) is 0 Å². The van der Waals surface area contributed by atoms with E-state index in [1.54, 1.807) is 0 Å². The van der Waals surface area contributed by atoms with E-state index in [0.717, 1.165) is 37.4 Å². The van der Waals surface area contributed by atoms with E-state index in [2.05, 4.69) is 25.8 Å². The molecule has 1 atom stereocenters. The fraction of sp³-hybridized carbons (Fsp3) is 0.526. The van der Waals surface area contributed by atoms with E-state index in [-0.39, 0.29) is 11.5 Å². The number of aromatic nitrogens is 2. The summed E-state index contributed by atoms with van der Waals surface area (Å²) < 4.78 is 31.8. The third-order valence-corrected chi connectivity index (χ3v) is 6.57. The van der Waals surface area contributed by atoms with Crippen LogP contribution in [0.15, 0.2) is 16.6 Å². The van der Waals surface area contributed by atoms with Gasteiger partial charge in [-0.2, -0.15) is 0 Å². The lowest BCUT2D eigenvalue weighted by Crippen LogP contribution is -2.31. The molecule has 1 N–H and O–H groups in total. The number of likely N-dealkylation sites (tertiary alicyclic amines) is 1. The van der Waals surface area contributed by atoms with Crippen molar-refractivity contribution in [1.82, 2.24) is 14.5 Å². The van der Waals surface area contributed by atoms with E-state index in [0.29, 0.717) is 22.2 Å². The molecule has 0 spiro atoms. The summed E-state index contributed by atoms with van der Waals surface area (Å²) in [6, 6.07) is 2.74. The molecule has 2 aliphatic heterocycles. The van der Waals surface area contributed by atoms with Gasteiger partial charge in [-0.15, -0.1) is 0 Å². The zero-order valence-corrected chi connectivity index (χ0v) is 16.9. The second-order valence-corrected chi connectivity index (χ2v) is 8.52. The fourth-order valence-corrected chi connectivity index (χ4v) is 4.92. The topological polar surface area (TPSA) is 24.0 Å². The summed E-state index contributed by atoms with van der Waals surface area (Å²) in [5, 5.41) is 0. The molecule has 0 radical (unpaired) electrons. The monoisotopic (exact) mass is 441 g/mol. The lowest BCUT2D eigenvalue weighted by Gasteiger charge is -2.26. The van der Waals surface area contributed by atoms with Crippen molar-refractivity contribution in [3.8, 4) is 0 Å². The molecule has 3 nitrogen and oxygen atoms in total. The number of benzene rings is 1. The van der Waals surface area contributed by atoms with Crippen molar-refractivity contribution in [3.05, 3.63) is 50.0 Å². The summed E-state index contributed by atoms with van der Waals surface area (Å²) in [7, 11) is 0. The number of piperidine rings is 1. The van der Waals surface area contributed by atoms with Crippen LogP contribution >= 0.6 is 28.1 Å². The Morgan fingerprint density at radius 2 is 1.96 bits per heavy atom. The van der Waals surface area contributed by atoms with Crippen molar-refractivity contribution in [2.24, 2.45) is 0 Å². The lowest BCUT2D eigenvalue weighted by molar-refractivity contribution is 0.231. The van der Waals surface area contributed by atoms with Gasteiger partial charge in [-0.25, -0.2) is 8.78 Å². The summed E-state index contributed by atoms with van der Waals surface area (Å²) in [4.78, 5) is 5.81. The van der Waals surface area contributed by atoms with Gasteiger partial charge in [-0.3, -0.25) is 0 Å². The van der Waals surface area contributed by atoms with E-state index < -0.39 is 11.6 Å². The highest BCUT2D eigenvalue weighted by atomic mass is 79.9. The van der Waals surface area contributed by atoms with Gasteiger partial charge >= 0.3 is 0 Å². The molecule has 1 aromatic heterocycles. The summed E-state index contributed by atoms with van der Waals surface area (Å²) in [5.74, 6) is -1.19. The number of aromatic amines is 1. The highest BCUT2D eigenvalue weighted by Gasteiger charge is 2.31. The minimum Gasteiger partial charge on any atom is -0.334 e. The molecule has 2 aromatic rings. The minimum absolute atomic E-state index is 0.166. The van der Waals surface area contributed by atoms with Gasteiger partial charge in [0.25, 0.3) is 0 Å². The second kappa shape index (κ2) is 7.52. The first-order valence-electron chi connectivity index (χ1n) is 9.21. The van der Waals surface area contributed by atoms with E-state index >= 15 is 0 Å². The van der Waals surface area contributed by atoms with Gasteiger partial charge in [0.2, 0.25) is 0 Å². The first kappa shape index (κ1) is 18.3. The number of imidazole rings is 1. The molecule has 0 bridgehead atoms. The molecule has 2 aliphatic rings. The molecule has 1 fully saturated rings. The molecule has 7 heteroatoms. The van der Waals surface area contributed by atoms with Crippen LogP contribution in [0.1, 0.15) is 42.1 Å². The third kappa shape index (κ3) is 3.41. The molecule has 26 heavy (non-hydrogen) atoms. The van der Waals surface area contributed by atoms with Gasteiger partial charge < -0.3 is 14.5 Å². The van der Waals surface area contributed by atoms with Gasteiger partial charge in [-0.05, 0) is 72.6 Å². The smallest absolute Gasteiger partial charge is 0.177 e. The van der Waals surface area contributed by atoms with Gasteiger partial charge in [0.15, 0.2) is 4.77 Å². The number of H-pyrrole nitrogens is 1. The Morgan fingerprint density at radius 1 is 1.19 bits per heavy atom. The Bertz CT molecular complexity index is 870. The number of nitrogens with zero attached hydrogens (tertiary/aromatic N) is 2. The molecule has 0 saturated carbocycles. The fourth-order valence-electron chi connectivity index (χ4n) is 4.27. The van der Waals surface area contributed by atoms with Crippen molar-refractivity contribution in [2.75, 3.05) is 19.6 Å². The lowest BCUT2D eigenvalue weighted by atomic mass is 9.95. The zero-order valence-electron chi connectivity index (χ0n) is 14.5. The van der Waals surface area contributed by atoms with Gasteiger partial charge in [-0.1, -0.05) is 6.42 Å². The first-order valence-corrected chi connectivity index (χ1v) is 10.4. The van der Waals surface area contributed by atoms with Gasteiger partial charge in [0.05, 0.1) is 4.47 Å². The van der Waals surface area contributed by atoms with Gasteiger partial charge in [0, 0.05) is 42.4 Å². The van der Waals surface area contributed by atoms with E-state index in [1.807, 2.05) is 4.57 Å². The van der Waals surface area contributed by atoms with E-state index in [9.17, 15) is 8.78 Å². The predicted molar refractivity (Wildman–Crippen MR) is 104 cm³/mol. The molecule has 0 unspecified atom stereocenters. The van der Waals surface area contributed by atoms with Crippen LogP contribution in [0, 0.1) is 16.4 Å². The Hall–Kier alpha value is -1.05. The van der Waals surface area contributed by atoms with Crippen LogP contribution in [-0.4, -0.2) is 34.1 Å². The van der Waals surface area contributed by atoms with Crippen LogP contribution in [0.4, 0.5) is 8.78 Å². The standard InChI is InChI=1S/C19H22BrF2N3S/c20-13-4-5-14(21)17(18(13)22)12-10-16-15(23-19(26)25(16)11-12)6-9-24-7-2-1-3-8-24/h4-5,12H,1-3,6-11H2,(H,23,26)/t12-/m1/s1. The molecule has 4 rings (SSSR count). The average molecular weight is 442 g/mol. The van der Waals surface area contributed by atoms with Crippen molar-refractivity contribution >= 4 is 28.1 Å². The number of halogens is 3. The Balaban J connectivity index is 1.54. The number of fused-ring (bicyclic) bond motifs is 1. The Morgan fingerprint density at radius 3 is 2.73 bits per heavy atom. The molecule has 0 amide bonds. The SMILES string of the molecule is Fc1ccc(Br)c(F)c1[C@@H]1Cc2c(CCN3CCCCC3)[nH]c(=S)n2C1. The molecule has 3 heterocycles. The number of hydrogen-bond donors (Lipinski definition) is 1. The van der Waals surface area contributed by atoms with Crippen LogP contribution in [0.2, 0.25) is 0 Å². The van der Waals surface area contributed by atoms with Crippen LogP contribution < -0.4 is 0 Å². The van der Waals surface area contributed by atoms with Crippen molar-refractivity contribution in [2.45, 2.75) is 44.6 Å². The summed E-state index contributed by atoms with van der Waals surface area (Å²) in [6.07, 6.45) is 5.39. The minimum atomic E-state index is -0.495. The highest BCUT2D eigenvalue weighted by molar-refractivity contribution is 9.10. The second-order valence-electron chi connectivity index (χ2n) is 7.28. The maximum absolute atomic E-state index is 14.5. The first-order chi connectivity index (χ1) is 12.5. The van der Waals surface area contributed by atoms with Crippen LogP contribution in [0.3, 0.4) is 0 Å². The van der Waals surface area contributed by atoms with Crippen LogP contribution in [-0.2, 0) is 19.4 Å². The molecule has 1 aromatic carbocycles. The molecule has 140 valence electrons. The zero-order chi connectivity index (χ0) is 18.3. The quantitative estimate of drug-likeness (QED) is 0.535. The average Bonchev–Trinajstić information content (AvgIpc) is 3.19. The number of nitrogens with one attached hydrogen (secondary N) is 1. The maximum atomic E-state index is 14.5. The highest BCUT2D eigenvalue weighted by Crippen LogP contribution is 2.36. The largest absolute Gasteiger partial charge is 0.334 e. The van der Waals surface area contributed by atoms with Crippen molar-refractivity contribution < 1.29 is 8.78 Å². The third-order valence-electron chi connectivity index (χ3n) is 5.63. The van der Waals surface area contributed by atoms with Crippen molar-refractivity contribution in [1.29, 1.82) is 0 Å².